The Bertz CT molecular complexity index is 552. The van der Waals surface area contributed by atoms with Crippen LogP contribution in [0.1, 0.15) is 24.2 Å². The van der Waals surface area contributed by atoms with Crippen LogP contribution in [-0.2, 0) is 11.2 Å². The minimum absolute atomic E-state index is 0.410. The quantitative estimate of drug-likeness (QED) is 0.882. The number of benzene rings is 2. The highest BCUT2D eigenvalue weighted by Crippen LogP contribution is 2.19. The number of carbonyl (C=O) groups is 1. The van der Waals surface area contributed by atoms with E-state index in [1.807, 2.05) is 37.3 Å². The van der Waals surface area contributed by atoms with Gasteiger partial charge in [0.05, 0.1) is 0 Å². The maximum Gasteiger partial charge on any atom is 0.257 e. The standard InChI is InChI=1S/C16H17NO2/c1-2-12-8-6-7-11-14(12)17-16(19)15(18)13-9-4-3-5-10-13/h3-11,15,18H,2H2,1H3,(H,17,19). The first-order chi connectivity index (χ1) is 9.22. The van der Waals surface area contributed by atoms with Crippen LogP contribution in [0.25, 0.3) is 0 Å². The Morgan fingerprint density at radius 3 is 2.42 bits per heavy atom. The first kappa shape index (κ1) is 13.3. The minimum Gasteiger partial charge on any atom is -0.378 e. The molecule has 3 heteroatoms. The van der Waals surface area contributed by atoms with Crippen molar-refractivity contribution in [2.75, 3.05) is 5.32 Å². The third kappa shape index (κ3) is 3.20. The Morgan fingerprint density at radius 1 is 1.11 bits per heavy atom. The van der Waals surface area contributed by atoms with E-state index >= 15 is 0 Å². The van der Waals surface area contributed by atoms with Crippen LogP contribution >= 0.6 is 0 Å². The number of aliphatic hydroxyl groups excluding tert-OH is 1. The molecule has 0 fully saturated rings. The Kier molecular flexibility index (Phi) is 4.31. The summed E-state index contributed by atoms with van der Waals surface area (Å²) >= 11 is 0. The molecule has 2 aromatic rings. The molecule has 1 unspecified atom stereocenters. The molecule has 0 radical (unpaired) electrons. The maximum absolute atomic E-state index is 12.0. The molecule has 0 aromatic heterocycles. The number of hydrogen-bond acceptors (Lipinski definition) is 2. The Morgan fingerprint density at radius 2 is 1.74 bits per heavy atom. The summed E-state index contributed by atoms with van der Waals surface area (Å²) in [6, 6.07) is 16.5. The van der Waals surface area contributed by atoms with Crippen molar-refractivity contribution in [3.05, 3.63) is 65.7 Å². The van der Waals surface area contributed by atoms with Crippen LogP contribution in [0.5, 0.6) is 0 Å². The number of amides is 1. The molecule has 0 saturated carbocycles. The van der Waals surface area contributed by atoms with Crippen LogP contribution in [0.4, 0.5) is 5.69 Å². The predicted octanol–water partition coefficient (Wildman–Crippen LogP) is 2.92. The molecule has 2 aromatic carbocycles. The zero-order valence-corrected chi connectivity index (χ0v) is 10.8. The predicted molar refractivity (Wildman–Crippen MR) is 75.9 cm³/mol. The number of aliphatic hydroxyl groups is 1. The second-order valence-electron chi connectivity index (χ2n) is 4.31. The number of carbonyl (C=O) groups excluding carboxylic acids is 1. The van der Waals surface area contributed by atoms with Gasteiger partial charge in [0.2, 0.25) is 0 Å². The van der Waals surface area contributed by atoms with Gasteiger partial charge in [-0.05, 0) is 23.6 Å². The van der Waals surface area contributed by atoms with Gasteiger partial charge in [-0.15, -0.1) is 0 Å². The van der Waals surface area contributed by atoms with E-state index in [9.17, 15) is 9.90 Å². The highest BCUT2D eigenvalue weighted by atomic mass is 16.3. The summed E-state index contributed by atoms with van der Waals surface area (Å²) in [6.45, 7) is 2.03. The monoisotopic (exact) mass is 255 g/mol. The molecule has 0 bridgehead atoms. The zero-order chi connectivity index (χ0) is 13.7. The van der Waals surface area contributed by atoms with Crippen LogP contribution in [0.15, 0.2) is 54.6 Å². The van der Waals surface area contributed by atoms with Crippen LogP contribution in [0, 0.1) is 0 Å². The molecular weight excluding hydrogens is 238 g/mol. The first-order valence-electron chi connectivity index (χ1n) is 6.34. The van der Waals surface area contributed by atoms with Gasteiger partial charge in [0, 0.05) is 5.69 Å². The van der Waals surface area contributed by atoms with Gasteiger partial charge in [-0.2, -0.15) is 0 Å². The second kappa shape index (κ2) is 6.16. The second-order valence-corrected chi connectivity index (χ2v) is 4.31. The minimum atomic E-state index is -1.15. The normalized spacial score (nSPS) is 11.9. The van der Waals surface area contributed by atoms with E-state index in [-0.39, 0.29) is 0 Å². The fourth-order valence-corrected chi connectivity index (χ4v) is 1.94. The van der Waals surface area contributed by atoms with Gasteiger partial charge in [0.25, 0.3) is 5.91 Å². The molecule has 2 rings (SSSR count). The Balaban J connectivity index is 2.13. The lowest BCUT2D eigenvalue weighted by molar-refractivity contribution is -0.124. The summed E-state index contributed by atoms with van der Waals surface area (Å²) in [5.41, 5.74) is 2.40. The molecule has 0 saturated heterocycles. The number of anilines is 1. The SMILES string of the molecule is CCc1ccccc1NC(=O)C(O)c1ccccc1. The summed E-state index contributed by atoms with van der Waals surface area (Å²) in [4.78, 5) is 12.0. The van der Waals surface area contributed by atoms with Gasteiger partial charge in [-0.3, -0.25) is 4.79 Å². The average Bonchev–Trinajstić information content (AvgIpc) is 2.48. The van der Waals surface area contributed by atoms with E-state index in [0.717, 1.165) is 17.7 Å². The molecule has 0 aliphatic carbocycles. The third-order valence-electron chi connectivity index (χ3n) is 3.02. The summed E-state index contributed by atoms with van der Waals surface area (Å²) in [5, 5.41) is 12.8. The van der Waals surface area contributed by atoms with Gasteiger partial charge in [-0.25, -0.2) is 0 Å². The lowest BCUT2D eigenvalue weighted by atomic mass is 10.1. The van der Waals surface area contributed by atoms with E-state index < -0.39 is 12.0 Å². The average molecular weight is 255 g/mol. The molecule has 19 heavy (non-hydrogen) atoms. The number of para-hydroxylation sites is 1. The van der Waals surface area contributed by atoms with Crippen molar-refractivity contribution in [1.82, 2.24) is 0 Å². The van der Waals surface area contributed by atoms with E-state index in [1.165, 1.54) is 0 Å². The van der Waals surface area contributed by atoms with Crippen molar-refractivity contribution in [1.29, 1.82) is 0 Å². The molecule has 1 amide bonds. The van der Waals surface area contributed by atoms with Gasteiger partial charge in [-0.1, -0.05) is 55.5 Å². The van der Waals surface area contributed by atoms with Crippen LogP contribution in [0.3, 0.4) is 0 Å². The number of rotatable bonds is 4. The molecule has 2 N–H and O–H groups in total. The molecule has 0 aliphatic heterocycles. The largest absolute Gasteiger partial charge is 0.378 e. The van der Waals surface area contributed by atoms with Crippen molar-refractivity contribution >= 4 is 11.6 Å². The van der Waals surface area contributed by atoms with E-state index in [2.05, 4.69) is 5.32 Å². The van der Waals surface area contributed by atoms with Crippen molar-refractivity contribution in [3.63, 3.8) is 0 Å². The van der Waals surface area contributed by atoms with E-state index in [0.29, 0.717) is 5.56 Å². The van der Waals surface area contributed by atoms with E-state index in [4.69, 9.17) is 0 Å². The van der Waals surface area contributed by atoms with Crippen molar-refractivity contribution in [3.8, 4) is 0 Å². The molecule has 0 heterocycles. The third-order valence-corrected chi connectivity index (χ3v) is 3.02. The fourth-order valence-electron chi connectivity index (χ4n) is 1.94. The summed E-state index contributed by atoms with van der Waals surface area (Å²) in [7, 11) is 0. The molecule has 3 nitrogen and oxygen atoms in total. The summed E-state index contributed by atoms with van der Waals surface area (Å²) < 4.78 is 0. The van der Waals surface area contributed by atoms with Gasteiger partial charge < -0.3 is 10.4 Å². The van der Waals surface area contributed by atoms with Crippen LogP contribution in [0.2, 0.25) is 0 Å². The summed E-state index contributed by atoms with van der Waals surface area (Å²) in [5.74, 6) is -0.410. The fraction of sp³-hybridized carbons (Fsp3) is 0.188. The Hall–Kier alpha value is -2.13. The number of hydrogen-bond donors (Lipinski definition) is 2. The number of nitrogens with one attached hydrogen (secondary N) is 1. The van der Waals surface area contributed by atoms with Gasteiger partial charge in [0.1, 0.15) is 0 Å². The van der Waals surface area contributed by atoms with Crippen LogP contribution < -0.4 is 5.32 Å². The Labute approximate surface area is 112 Å². The molecular formula is C16H17NO2. The van der Waals surface area contributed by atoms with E-state index in [1.54, 1.807) is 24.3 Å². The maximum atomic E-state index is 12.0. The smallest absolute Gasteiger partial charge is 0.257 e. The highest BCUT2D eigenvalue weighted by molar-refractivity contribution is 5.95. The summed E-state index contributed by atoms with van der Waals surface area (Å²) in [6.07, 6.45) is -0.316. The topological polar surface area (TPSA) is 49.3 Å². The molecule has 1 atom stereocenters. The van der Waals surface area contributed by atoms with Crippen molar-refractivity contribution in [2.24, 2.45) is 0 Å². The van der Waals surface area contributed by atoms with Crippen LogP contribution in [-0.4, -0.2) is 11.0 Å². The van der Waals surface area contributed by atoms with Gasteiger partial charge in [0.15, 0.2) is 6.10 Å². The molecule has 0 spiro atoms. The highest BCUT2D eigenvalue weighted by Gasteiger charge is 2.17. The molecule has 0 aliphatic rings. The van der Waals surface area contributed by atoms with Crippen molar-refractivity contribution < 1.29 is 9.90 Å². The van der Waals surface area contributed by atoms with Crippen molar-refractivity contribution in [2.45, 2.75) is 19.4 Å². The zero-order valence-electron chi connectivity index (χ0n) is 10.8. The van der Waals surface area contributed by atoms with Gasteiger partial charge >= 0.3 is 0 Å². The molecule has 98 valence electrons. The lowest BCUT2D eigenvalue weighted by Gasteiger charge is -2.13. The number of aryl methyl sites for hydroxylation is 1. The lowest BCUT2D eigenvalue weighted by Crippen LogP contribution is -2.21. The first-order valence-corrected chi connectivity index (χ1v) is 6.34.